The molecule has 7 nitrogen and oxygen atoms in total. The zero-order valence-corrected chi connectivity index (χ0v) is 16.2. The molecule has 0 saturated heterocycles. The van der Waals surface area contributed by atoms with E-state index in [-0.39, 0.29) is 28.4 Å². The van der Waals surface area contributed by atoms with Crippen LogP contribution in [0.15, 0.2) is 71.9 Å². The third-order valence-corrected chi connectivity index (χ3v) is 5.43. The van der Waals surface area contributed by atoms with Gasteiger partial charge in [0.2, 0.25) is 0 Å². The average molecular weight is 415 g/mol. The summed E-state index contributed by atoms with van der Waals surface area (Å²) >= 11 is 0. The molecule has 29 heavy (non-hydrogen) atoms. The lowest BCUT2D eigenvalue weighted by Gasteiger charge is -2.14. The van der Waals surface area contributed by atoms with E-state index in [1.165, 1.54) is 62.0 Å². The van der Waals surface area contributed by atoms with Crippen molar-refractivity contribution in [3.05, 3.63) is 83.9 Å². The van der Waals surface area contributed by atoms with Crippen molar-refractivity contribution in [3.8, 4) is 5.75 Å². The Morgan fingerprint density at radius 2 is 1.93 bits per heavy atom. The second kappa shape index (κ2) is 8.70. The average Bonchev–Trinajstić information content (AvgIpc) is 2.72. The summed E-state index contributed by atoms with van der Waals surface area (Å²) in [5.74, 6) is -0.737. The summed E-state index contributed by atoms with van der Waals surface area (Å²) in [5.41, 5.74) is 0.654. The number of nitrogens with zero attached hydrogens (tertiary/aromatic N) is 1. The number of amides is 1. The van der Waals surface area contributed by atoms with Crippen LogP contribution in [-0.2, 0) is 16.6 Å². The Hall–Kier alpha value is -3.46. The van der Waals surface area contributed by atoms with Crippen LogP contribution >= 0.6 is 0 Å². The van der Waals surface area contributed by atoms with Crippen LogP contribution < -0.4 is 14.8 Å². The van der Waals surface area contributed by atoms with Gasteiger partial charge in [0.15, 0.2) is 0 Å². The largest absolute Gasteiger partial charge is 0.494 e. The van der Waals surface area contributed by atoms with Crippen LogP contribution in [0.1, 0.15) is 15.9 Å². The maximum absolute atomic E-state index is 13.3. The molecular formula is C20H18FN3O4S. The van der Waals surface area contributed by atoms with Crippen LogP contribution in [0, 0.1) is 5.82 Å². The zero-order valence-electron chi connectivity index (χ0n) is 15.4. The summed E-state index contributed by atoms with van der Waals surface area (Å²) in [4.78, 5) is 16.3. The molecule has 0 fully saturated rings. The van der Waals surface area contributed by atoms with Gasteiger partial charge >= 0.3 is 0 Å². The number of aromatic nitrogens is 1. The lowest BCUT2D eigenvalue weighted by Crippen LogP contribution is -2.26. The van der Waals surface area contributed by atoms with Gasteiger partial charge < -0.3 is 10.1 Å². The molecule has 9 heteroatoms. The van der Waals surface area contributed by atoms with Gasteiger partial charge in [-0.25, -0.2) is 12.8 Å². The Kier molecular flexibility index (Phi) is 6.08. The van der Waals surface area contributed by atoms with Crippen molar-refractivity contribution in [1.82, 2.24) is 10.3 Å². The first kappa shape index (κ1) is 20.3. The minimum absolute atomic E-state index is 0.0424. The number of halogens is 1. The van der Waals surface area contributed by atoms with Gasteiger partial charge in [0.25, 0.3) is 15.9 Å². The number of ether oxygens (including phenoxy) is 1. The van der Waals surface area contributed by atoms with Crippen LogP contribution in [-0.4, -0.2) is 26.4 Å². The lowest BCUT2D eigenvalue weighted by atomic mass is 10.2. The zero-order chi connectivity index (χ0) is 20.9. The Bertz CT molecular complexity index is 1140. The van der Waals surface area contributed by atoms with Crippen molar-refractivity contribution >= 4 is 21.6 Å². The summed E-state index contributed by atoms with van der Waals surface area (Å²) in [6, 6.07) is 13.1. The number of rotatable bonds is 7. The van der Waals surface area contributed by atoms with E-state index in [9.17, 15) is 17.6 Å². The number of sulfonamides is 1. The van der Waals surface area contributed by atoms with E-state index in [4.69, 9.17) is 4.74 Å². The van der Waals surface area contributed by atoms with Gasteiger partial charge in [-0.3, -0.25) is 14.5 Å². The molecule has 1 heterocycles. The van der Waals surface area contributed by atoms with Crippen molar-refractivity contribution < 1.29 is 22.3 Å². The number of pyridine rings is 1. The predicted molar refractivity (Wildman–Crippen MR) is 106 cm³/mol. The highest BCUT2D eigenvalue weighted by Crippen LogP contribution is 2.26. The highest BCUT2D eigenvalue weighted by Gasteiger charge is 2.23. The molecule has 0 aliphatic carbocycles. The molecule has 1 amide bonds. The van der Waals surface area contributed by atoms with E-state index >= 15 is 0 Å². The number of methoxy groups -OCH3 is 1. The molecule has 3 aromatic rings. The highest BCUT2D eigenvalue weighted by atomic mass is 32.2. The molecule has 0 atom stereocenters. The highest BCUT2D eigenvalue weighted by molar-refractivity contribution is 7.92. The predicted octanol–water partition coefficient (Wildman–Crippen LogP) is 2.96. The molecule has 1 aromatic heterocycles. The normalized spacial score (nSPS) is 11.0. The van der Waals surface area contributed by atoms with Gasteiger partial charge in [-0.15, -0.1) is 0 Å². The molecule has 0 spiro atoms. The van der Waals surface area contributed by atoms with E-state index in [1.54, 1.807) is 12.1 Å². The molecule has 3 rings (SSSR count). The summed E-state index contributed by atoms with van der Waals surface area (Å²) in [6.07, 6.45) is 2.77. The van der Waals surface area contributed by atoms with Crippen molar-refractivity contribution in [1.29, 1.82) is 0 Å². The van der Waals surface area contributed by atoms with Gasteiger partial charge in [0.05, 0.1) is 18.9 Å². The number of anilines is 1. The van der Waals surface area contributed by atoms with Gasteiger partial charge in [0, 0.05) is 18.8 Å². The minimum Gasteiger partial charge on any atom is -0.494 e. The Balaban J connectivity index is 1.84. The number of hydrogen-bond acceptors (Lipinski definition) is 5. The van der Waals surface area contributed by atoms with Crippen LogP contribution in [0.3, 0.4) is 0 Å². The summed E-state index contributed by atoms with van der Waals surface area (Å²) < 4.78 is 46.6. The first-order valence-corrected chi connectivity index (χ1v) is 10.0. The van der Waals surface area contributed by atoms with Crippen LogP contribution in [0.25, 0.3) is 0 Å². The topological polar surface area (TPSA) is 97.4 Å². The maximum Gasteiger partial charge on any atom is 0.262 e. The van der Waals surface area contributed by atoms with Crippen molar-refractivity contribution in [2.24, 2.45) is 0 Å². The standard InChI is InChI=1S/C20H18FN3O4S/c1-28-18-9-10-22-13-17(18)24-29(26,27)19-8-3-2-7-16(19)20(25)23-12-14-5-4-6-15(21)11-14/h2-11,13,24H,12H2,1H3,(H,23,25). The molecular weight excluding hydrogens is 397 g/mol. The van der Waals surface area contributed by atoms with Crippen LogP contribution in [0.5, 0.6) is 5.75 Å². The first-order chi connectivity index (χ1) is 13.9. The lowest BCUT2D eigenvalue weighted by molar-refractivity contribution is 0.0947. The van der Waals surface area contributed by atoms with Gasteiger partial charge in [-0.05, 0) is 29.8 Å². The Labute approximate surface area is 167 Å². The van der Waals surface area contributed by atoms with E-state index in [0.717, 1.165) is 0 Å². The third kappa shape index (κ3) is 4.88. The molecule has 150 valence electrons. The second-order valence-corrected chi connectivity index (χ2v) is 7.64. The van der Waals surface area contributed by atoms with Crippen molar-refractivity contribution in [2.75, 3.05) is 11.8 Å². The van der Waals surface area contributed by atoms with Gasteiger partial charge in [-0.2, -0.15) is 0 Å². The second-order valence-electron chi connectivity index (χ2n) is 5.99. The van der Waals surface area contributed by atoms with E-state index in [2.05, 4.69) is 15.0 Å². The molecule has 0 aliphatic rings. The van der Waals surface area contributed by atoms with Crippen molar-refractivity contribution in [2.45, 2.75) is 11.4 Å². The number of hydrogen-bond donors (Lipinski definition) is 2. The van der Waals surface area contributed by atoms with Crippen molar-refractivity contribution in [3.63, 3.8) is 0 Å². The minimum atomic E-state index is -4.10. The molecule has 0 saturated carbocycles. The number of carbonyl (C=O) groups excluding carboxylic acids is 1. The molecule has 0 bridgehead atoms. The van der Waals surface area contributed by atoms with Gasteiger partial charge in [-0.1, -0.05) is 24.3 Å². The molecule has 0 radical (unpaired) electrons. The fraction of sp³-hybridized carbons (Fsp3) is 0.100. The monoisotopic (exact) mass is 415 g/mol. The molecule has 2 aromatic carbocycles. The SMILES string of the molecule is COc1ccncc1NS(=O)(=O)c1ccccc1C(=O)NCc1cccc(F)c1. The van der Waals surface area contributed by atoms with Crippen LogP contribution in [0.2, 0.25) is 0 Å². The van der Waals surface area contributed by atoms with E-state index < -0.39 is 21.7 Å². The molecule has 2 N–H and O–H groups in total. The smallest absolute Gasteiger partial charge is 0.262 e. The summed E-state index contributed by atoms with van der Waals surface area (Å²) in [5, 5.41) is 2.61. The van der Waals surface area contributed by atoms with Crippen LogP contribution in [0.4, 0.5) is 10.1 Å². The number of benzene rings is 2. The summed E-state index contributed by atoms with van der Waals surface area (Å²) in [6.45, 7) is 0.0504. The fourth-order valence-electron chi connectivity index (χ4n) is 2.65. The Morgan fingerprint density at radius 1 is 1.14 bits per heavy atom. The van der Waals surface area contributed by atoms with E-state index in [1.807, 2.05) is 0 Å². The van der Waals surface area contributed by atoms with Gasteiger partial charge in [0.1, 0.15) is 22.1 Å². The third-order valence-electron chi connectivity index (χ3n) is 4.01. The number of nitrogens with one attached hydrogen (secondary N) is 2. The maximum atomic E-state index is 13.3. The first-order valence-electron chi connectivity index (χ1n) is 8.53. The van der Waals surface area contributed by atoms with E-state index in [0.29, 0.717) is 5.56 Å². The fourth-order valence-corrected chi connectivity index (χ4v) is 3.91. The quantitative estimate of drug-likeness (QED) is 0.618. The summed E-state index contributed by atoms with van der Waals surface area (Å²) in [7, 11) is -2.70. The molecule has 0 aliphatic heterocycles. The Morgan fingerprint density at radius 3 is 2.69 bits per heavy atom. The molecule has 0 unspecified atom stereocenters. The number of carbonyl (C=O) groups is 1.